The summed E-state index contributed by atoms with van der Waals surface area (Å²) in [5.74, 6) is -1.40. The van der Waals surface area contributed by atoms with Gasteiger partial charge in [-0.15, -0.1) is 0 Å². The minimum atomic E-state index is -4.18. The van der Waals surface area contributed by atoms with E-state index in [-0.39, 0.29) is 19.1 Å². The van der Waals surface area contributed by atoms with Crippen LogP contribution in [0.4, 0.5) is 13.2 Å². The molecule has 1 saturated heterocycles. The number of hydrogen-bond acceptors (Lipinski definition) is 3. The molecule has 0 spiro atoms. The first-order chi connectivity index (χ1) is 7.84. The third kappa shape index (κ3) is 4.44. The van der Waals surface area contributed by atoms with Crippen molar-refractivity contribution in [1.82, 2.24) is 9.80 Å². The Bertz CT molecular complexity index is 230. The topological polar surface area (TPSA) is 32.5 Å². The van der Waals surface area contributed by atoms with Crippen LogP contribution in [-0.4, -0.2) is 62.3 Å². The molecule has 2 N–H and O–H groups in total. The molecule has 0 aromatic carbocycles. The summed E-state index contributed by atoms with van der Waals surface area (Å²) < 4.78 is 37.9. The van der Waals surface area contributed by atoms with Gasteiger partial charge in [0.15, 0.2) is 0 Å². The standard InChI is InChI=1S/C11H22F3N3/c1-16(2)8-10-4-3-5-17(10)7-9(6-15)11(12,13)14/h9-10H,3-8,15H2,1-2H3. The van der Waals surface area contributed by atoms with E-state index in [1.54, 1.807) is 0 Å². The molecule has 6 heteroatoms. The van der Waals surface area contributed by atoms with Crippen LogP contribution in [0.2, 0.25) is 0 Å². The minimum absolute atomic E-state index is 0.0402. The highest BCUT2D eigenvalue weighted by atomic mass is 19.4. The molecule has 1 rings (SSSR count). The van der Waals surface area contributed by atoms with Gasteiger partial charge in [0.1, 0.15) is 0 Å². The number of rotatable bonds is 5. The Hall–Kier alpha value is -0.330. The molecule has 1 aliphatic rings. The lowest BCUT2D eigenvalue weighted by Gasteiger charge is -2.30. The van der Waals surface area contributed by atoms with Gasteiger partial charge in [-0.1, -0.05) is 0 Å². The first-order valence-corrected chi connectivity index (χ1v) is 6.00. The van der Waals surface area contributed by atoms with Crippen molar-refractivity contribution in [1.29, 1.82) is 0 Å². The van der Waals surface area contributed by atoms with Crippen molar-refractivity contribution >= 4 is 0 Å². The molecule has 0 saturated carbocycles. The average Bonchev–Trinajstić information content (AvgIpc) is 2.59. The summed E-state index contributed by atoms with van der Waals surface area (Å²) in [6, 6.07) is 0.237. The number of halogens is 3. The summed E-state index contributed by atoms with van der Waals surface area (Å²) in [5.41, 5.74) is 5.23. The Labute approximate surface area is 101 Å². The molecule has 1 heterocycles. The predicted molar refractivity (Wildman–Crippen MR) is 61.7 cm³/mol. The van der Waals surface area contributed by atoms with Crippen molar-refractivity contribution in [2.24, 2.45) is 11.7 Å². The van der Waals surface area contributed by atoms with Gasteiger partial charge in [0.05, 0.1) is 5.92 Å². The molecule has 0 aromatic rings. The Morgan fingerprint density at radius 3 is 2.53 bits per heavy atom. The van der Waals surface area contributed by atoms with E-state index < -0.39 is 12.1 Å². The van der Waals surface area contributed by atoms with Crippen LogP contribution in [0.25, 0.3) is 0 Å². The number of hydrogen-bond donors (Lipinski definition) is 1. The van der Waals surface area contributed by atoms with E-state index >= 15 is 0 Å². The Morgan fingerprint density at radius 2 is 2.06 bits per heavy atom. The van der Waals surface area contributed by atoms with Gasteiger partial charge in [0.25, 0.3) is 0 Å². The number of likely N-dealkylation sites (N-methyl/N-ethyl adjacent to an activating group) is 1. The Balaban J connectivity index is 2.54. The van der Waals surface area contributed by atoms with Crippen molar-refractivity contribution in [2.75, 3.05) is 40.3 Å². The third-order valence-corrected chi connectivity index (χ3v) is 3.28. The van der Waals surface area contributed by atoms with Crippen LogP contribution in [0.1, 0.15) is 12.8 Å². The molecule has 2 unspecified atom stereocenters. The number of alkyl halides is 3. The molecule has 0 aliphatic carbocycles. The molecule has 0 amide bonds. The molecular formula is C11H22F3N3. The van der Waals surface area contributed by atoms with Crippen molar-refractivity contribution in [3.63, 3.8) is 0 Å². The van der Waals surface area contributed by atoms with Crippen LogP contribution in [0.3, 0.4) is 0 Å². The second-order valence-electron chi connectivity index (χ2n) is 5.03. The van der Waals surface area contributed by atoms with E-state index in [1.165, 1.54) is 0 Å². The van der Waals surface area contributed by atoms with Crippen molar-refractivity contribution in [2.45, 2.75) is 25.1 Å². The predicted octanol–water partition coefficient (Wildman–Crippen LogP) is 1.15. The van der Waals surface area contributed by atoms with Crippen molar-refractivity contribution < 1.29 is 13.2 Å². The van der Waals surface area contributed by atoms with Crippen molar-refractivity contribution in [3.05, 3.63) is 0 Å². The zero-order chi connectivity index (χ0) is 13.1. The smallest absolute Gasteiger partial charge is 0.330 e. The van der Waals surface area contributed by atoms with Gasteiger partial charge < -0.3 is 10.6 Å². The second-order valence-corrected chi connectivity index (χ2v) is 5.03. The molecule has 1 aliphatic heterocycles. The largest absolute Gasteiger partial charge is 0.394 e. The molecule has 0 radical (unpaired) electrons. The van der Waals surface area contributed by atoms with E-state index in [0.29, 0.717) is 0 Å². The second kappa shape index (κ2) is 6.02. The molecule has 17 heavy (non-hydrogen) atoms. The third-order valence-electron chi connectivity index (χ3n) is 3.28. The fourth-order valence-corrected chi connectivity index (χ4v) is 2.36. The van der Waals surface area contributed by atoms with Gasteiger partial charge in [0.2, 0.25) is 0 Å². The van der Waals surface area contributed by atoms with Crippen LogP contribution in [-0.2, 0) is 0 Å². The molecule has 3 nitrogen and oxygen atoms in total. The van der Waals surface area contributed by atoms with Crippen LogP contribution >= 0.6 is 0 Å². The molecule has 2 atom stereocenters. The van der Waals surface area contributed by atoms with Crippen LogP contribution in [0.15, 0.2) is 0 Å². The molecule has 102 valence electrons. The zero-order valence-corrected chi connectivity index (χ0v) is 10.5. The Morgan fingerprint density at radius 1 is 1.41 bits per heavy atom. The highest BCUT2D eigenvalue weighted by Crippen LogP contribution is 2.28. The number of nitrogens with zero attached hydrogens (tertiary/aromatic N) is 2. The summed E-state index contributed by atoms with van der Waals surface area (Å²) in [5, 5.41) is 0. The number of nitrogens with two attached hydrogens (primary N) is 1. The Kier molecular flexibility index (Phi) is 5.22. The first kappa shape index (κ1) is 14.7. The average molecular weight is 253 g/mol. The summed E-state index contributed by atoms with van der Waals surface area (Å²) in [4.78, 5) is 3.96. The lowest BCUT2D eigenvalue weighted by atomic mass is 10.1. The van der Waals surface area contributed by atoms with Crippen LogP contribution in [0.5, 0.6) is 0 Å². The van der Waals surface area contributed by atoms with Gasteiger partial charge in [-0.05, 0) is 33.5 Å². The van der Waals surface area contributed by atoms with Gasteiger partial charge in [-0.2, -0.15) is 13.2 Å². The SMILES string of the molecule is CN(C)CC1CCCN1CC(CN)C(F)(F)F. The summed E-state index contributed by atoms with van der Waals surface area (Å²) >= 11 is 0. The fraction of sp³-hybridized carbons (Fsp3) is 1.00. The lowest BCUT2D eigenvalue weighted by Crippen LogP contribution is -2.45. The monoisotopic (exact) mass is 253 g/mol. The zero-order valence-electron chi connectivity index (χ0n) is 10.5. The number of likely N-dealkylation sites (tertiary alicyclic amines) is 1. The maximum atomic E-state index is 12.6. The molecule has 0 aromatic heterocycles. The van der Waals surface area contributed by atoms with E-state index in [1.807, 2.05) is 23.9 Å². The quantitative estimate of drug-likeness (QED) is 0.798. The minimum Gasteiger partial charge on any atom is -0.330 e. The van der Waals surface area contributed by atoms with Crippen LogP contribution < -0.4 is 5.73 Å². The van der Waals surface area contributed by atoms with Gasteiger partial charge >= 0.3 is 6.18 Å². The summed E-state index contributed by atoms with van der Waals surface area (Å²) in [6.45, 7) is 1.29. The lowest BCUT2D eigenvalue weighted by molar-refractivity contribution is -0.176. The van der Waals surface area contributed by atoms with E-state index in [0.717, 1.165) is 25.9 Å². The van der Waals surface area contributed by atoms with Gasteiger partial charge in [-0.3, -0.25) is 4.90 Å². The maximum Gasteiger partial charge on any atom is 0.394 e. The molecule has 0 bridgehead atoms. The maximum absolute atomic E-state index is 12.6. The normalized spacial score (nSPS) is 24.5. The first-order valence-electron chi connectivity index (χ1n) is 6.00. The van der Waals surface area contributed by atoms with Gasteiger partial charge in [0, 0.05) is 25.7 Å². The molecule has 1 fully saturated rings. The summed E-state index contributed by atoms with van der Waals surface area (Å²) in [7, 11) is 3.89. The van der Waals surface area contributed by atoms with E-state index in [4.69, 9.17) is 5.73 Å². The highest BCUT2D eigenvalue weighted by Gasteiger charge is 2.41. The summed E-state index contributed by atoms with van der Waals surface area (Å²) in [6.07, 6.45) is -2.22. The van der Waals surface area contributed by atoms with Gasteiger partial charge in [-0.25, -0.2) is 0 Å². The van der Waals surface area contributed by atoms with Crippen LogP contribution in [0, 0.1) is 5.92 Å². The van der Waals surface area contributed by atoms with E-state index in [9.17, 15) is 13.2 Å². The fourth-order valence-electron chi connectivity index (χ4n) is 2.36. The molecular weight excluding hydrogens is 231 g/mol. The van der Waals surface area contributed by atoms with Crippen molar-refractivity contribution in [3.8, 4) is 0 Å². The van der Waals surface area contributed by atoms with E-state index in [2.05, 4.69) is 0 Å². The highest BCUT2D eigenvalue weighted by molar-refractivity contribution is 4.84.